The Bertz CT molecular complexity index is 540. The third-order valence-corrected chi connectivity index (χ3v) is 4.19. The van der Waals surface area contributed by atoms with Gasteiger partial charge in [-0.2, -0.15) is 28.2 Å². The largest absolute Gasteiger partial charge is 0.394 e. The molecule has 0 aliphatic heterocycles. The summed E-state index contributed by atoms with van der Waals surface area (Å²) >= 11 is 3.27. The third-order valence-electron chi connectivity index (χ3n) is 2.87. The van der Waals surface area contributed by atoms with E-state index in [4.69, 9.17) is 0 Å². The van der Waals surface area contributed by atoms with Crippen LogP contribution in [0, 0.1) is 0 Å². The van der Waals surface area contributed by atoms with E-state index in [0.717, 1.165) is 23.4 Å². The molecule has 2 rings (SSSR count). The zero-order valence-electron chi connectivity index (χ0n) is 11.1. The summed E-state index contributed by atoms with van der Waals surface area (Å²) in [4.78, 5) is 12.1. The van der Waals surface area contributed by atoms with Gasteiger partial charge in [0.2, 0.25) is 0 Å². The Hall–Kier alpha value is -1.31. The van der Waals surface area contributed by atoms with Gasteiger partial charge in [-0.05, 0) is 35.9 Å². The number of aromatic nitrogens is 2. The molecular formula is C13H17N3O2S2. The summed E-state index contributed by atoms with van der Waals surface area (Å²) < 4.78 is 0. The summed E-state index contributed by atoms with van der Waals surface area (Å²) in [5.74, 6) is 0.661. The molecule has 0 aliphatic carbocycles. The van der Waals surface area contributed by atoms with Crippen LogP contribution in [0.15, 0.2) is 22.9 Å². The van der Waals surface area contributed by atoms with Gasteiger partial charge in [0.15, 0.2) is 0 Å². The Labute approximate surface area is 125 Å². The van der Waals surface area contributed by atoms with Crippen molar-refractivity contribution < 1.29 is 9.90 Å². The van der Waals surface area contributed by atoms with Crippen molar-refractivity contribution >= 4 is 29.0 Å². The highest BCUT2D eigenvalue weighted by Gasteiger charge is 2.15. The predicted molar refractivity (Wildman–Crippen MR) is 83.2 cm³/mol. The number of hydrogen-bond donors (Lipinski definition) is 3. The maximum Gasteiger partial charge on any atom is 0.269 e. The lowest BCUT2D eigenvalue weighted by Gasteiger charge is -2.14. The number of thiophene rings is 1. The van der Waals surface area contributed by atoms with Crippen LogP contribution in [0.25, 0.3) is 11.3 Å². The number of aliphatic hydroxyl groups is 1. The van der Waals surface area contributed by atoms with Crippen molar-refractivity contribution in [1.29, 1.82) is 0 Å². The highest BCUT2D eigenvalue weighted by molar-refractivity contribution is 7.98. The standard InChI is InChI=1S/C13H17N3O2S2/c1-19-4-3-10(7-17)14-13(18)12-6-11(15-16-12)9-2-5-20-8-9/h2,5-6,8,10,17H,3-4,7H2,1H3,(H,14,18)(H,15,16)/t10-/m1/s1. The summed E-state index contributed by atoms with van der Waals surface area (Å²) in [6.07, 6.45) is 2.74. The van der Waals surface area contributed by atoms with Gasteiger partial charge in [-0.1, -0.05) is 0 Å². The molecule has 0 spiro atoms. The summed E-state index contributed by atoms with van der Waals surface area (Å²) in [6.45, 7) is -0.0577. The van der Waals surface area contributed by atoms with Crippen molar-refractivity contribution in [3.63, 3.8) is 0 Å². The molecule has 0 saturated heterocycles. The summed E-state index contributed by atoms with van der Waals surface area (Å²) in [7, 11) is 0. The Balaban J connectivity index is 1.99. The molecule has 1 atom stereocenters. The molecule has 0 saturated carbocycles. The number of nitrogens with one attached hydrogen (secondary N) is 2. The topological polar surface area (TPSA) is 78.0 Å². The van der Waals surface area contributed by atoms with Gasteiger partial charge in [-0.15, -0.1) is 0 Å². The van der Waals surface area contributed by atoms with Crippen LogP contribution < -0.4 is 5.32 Å². The number of H-pyrrole nitrogens is 1. The molecule has 3 N–H and O–H groups in total. The first-order valence-corrected chi connectivity index (χ1v) is 8.57. The van der Waals surface area contributed by atoms with Gasteiger partial charge in [-0.25, -0.2) is 0 Å². The van der Waals surface area contributed by atoms with E-state index in [1.165, 1.54) is 0 Å². The van der Waals surface area contributed by atoms with Crippen LogP contribution in [-0.2, 0) is 0 Å². The highest BCUT2D eigenvalue weighted by Crippen LogP contribution is 2.20. The Kier molecular flexibility index (Phi) is 5.63. The number of rotatable bonds is 7. The quantitative estimate of drug-likeness (QED) is 0.730. The first-order valence-electron chi connectivity index (χ1n) is 6.23. The van der Waals surface area contributed by atoms with Gasteiger partial charge in [0.05, 0.1) is 18.3 Å². The van der Waals surface area contributed by atoms with Gasteiger partial charge in [0, 0.05) is 10.9 Å². The number of carbonyl (C=O) groups excluding carboxylic acids is 1. The normalized spacial score (nSPS) is 12.3. The van der Waals surface area contributed by atoms with Crippen molar-refractivity contribution in [3.05, 3.63) is 28.6 Å². The highest BCUT2D eigenvalue weighted by atomic mass is 32.2. The van der Waals surface area contributed by atoms with Gasteiger partial charge in [0.25, 0.3) is 5.91 Å². The molecule has 0 unspecified atom stereocenters. The van der Waals surface area contributed by atoms with E-state index in [2.05, 4.69) is 15.5 Å². The number of hydrogen-bond acceptors (Lipinski definition) is 5. The SMILES string of the molecule is CSCC[C@H](CO)NC(=O)c1cc(-c2ccsc2)n[nH]1. The molecule has 0 aliphatic rings. The Morgan fingerprint density at radius 1 is 1.65 bits per heavy atom. The van der Waals surface area contributed by atoms with Crippen LogP contribution in [0.2, 0.25) is 0 Å². The lowest BCUT2D eigenvalue weighted by Crippen LogP contribution is -2.38. The van der Waals surface area contributed by atoms with Crippen molar-refractivity contribution in [3.8, 4) is 11.3 Å². The molecule has 1 amide bonds. The molecular weight excluding hydrogens is 294 g/mol. The average Bonchev–Trinajstić information content (AvgIpc) is 3.12. The number of aliphatic hydroxyl groups excluding tert-OH is 1. The minimum Gasteiger partial charge on any atom is -0.394 e. The van der Waals surface area contributed by atoms with Gasteiger partial charge >= 0.3 is 0 Å². The van der Waals surface area contributed by atoms with Crippen molar-refractivity contribution in [2.75, 3.05) is 18.6 Å². The Morgan fingerprint density at radius 3 is 3.15 bits per heavy atom. The second-order valence-electron chi connectivity index (χ2n) is 4.31. The van der Waals surface area contributed by atoms with Crippen LogP contribution in [0.3, 0.4) is 0 Å². The van der Waals surface area contributed by atoms with E-state index in [0.29, 0.717) is 5.69 Å². The monoisotopic (exact) mass is 311 g/mol. The van der Waals surface area contributed by atoms with E-state index >= 15 is 0 Å². The number of nitrogens with zero attached hydrogens (tertiary/aromatic N) is 1. The first-order chi connectivity index (χ1) is 9.74. The number of aromatic amines is 1. The average molecular weight is 311 g/mol. The van der Waals surface area contributed by atoms with Crippen LogP contribution in [-0.4, -0.2) is 45.9 Å². The predicted octanol–water partition coefficient (Wildman–Crippen LogP) is 1.98. The second kappa shape index (κ2) is 7.47. The van der Waals surface area contributed by atoms with E-state index in [9.17, 15) is 9.90 Å². The molecule has 0 bridgehead atoms. The summed E-state index contributed by atoms with van der Waals surface area (Å²) in [6, 6.07) is 3.46. The number of thioether (sulfide) groups is 1. The molecule has 108 valence electrons. The third kappa shape index (κ3) is 3.84. The lowest BCUT2D eigenvalue weighted by atomic mass is 10.2. The summed E-state index contributed by atoms with van der Waals surface area (Å²) in [5.41, 5.74) is 2.15. The van der Waals surface area contributed by atoms with Crippen molar-refractivity contribution in [2.45, 2.75) is 12.5 Å². The molecule has 0 fully saturated rings. The minimum absolute atomic E-state index is 0.0577. The van der Waals surface area contributed by atoms with Gasteiger partial charge in [-0.3, -0.25) is 9.89 Å². The first kappa shape index (κ1) is 15.1. The van der Waals surface area contributed by atoms with Crippen molar-refractivity contribution in [1.82, 2.24) is 15.5 Å². The maximum atomic E-state index is 12.1. The molecule has 2 aromatic heterocycles. The van der Waals surface area contributed by atoms with Gasteiger partial charge in [0.1, 0.15) is 5.69 Å². The molecule has 2 aromatic rings. The van der Waals surface area contributed by atoms with Crippen molar-refractivity contribution in [2.24, 2.45) is 0 Å². The molecule has 2 heterocycles. The lowest BCUT2D eigenvalue weighted by molar-refractivity contribution is 0.0910. The molecule has 0 radical (unpaired) electrons. The van der Waals surface area contributed by atoms with E-state index in [-0.39, 0.29) is 18.6 Å². The number of carbonyl (C=O) groups is 1. The van der Waals surface area contributed by atoms with E-state index in [1.54, 1.807) is 29.2 Å². The minimum atomic E-state index is -0.237. The summed E-state index contributed by atoms with van der Waals surface area (Å²) in [5, 5.41) is 22.9. The zero-order chi connectivity index (χ0) is 14.4. The fraction of sp³-hybridized carbons (Fsp3) is 0.385. The zero-order valence-corrected chi connectivity index (χ0v) is 12.8. The fourth-order valence-electron chi connectivity index (χ4n) is 1.73. The smallest absolute Gasteiger partial charge is 0.269 e. The molecule has 7 heteroatoms. The fourth-order valence-corrected chi connectivity index (χ4v) is 2.90. The van der Waals surface area contributed by atoms with Crippen LogP contribution in [0.4, 0.5) is 0 Å². The van der Waals surface area contributed by atoms with Crippen LogP contribution in [0.5, 0.6) is 0 Å². The second-order valence-corrected chi connectivity index (χ2v) is 6.08. The number of amides is 1. The Morgan fingerprint density at radius 2 is 2.50 bits per heavy atom. The van der Waals surface area contributed by atoms with Crippen LogP contribution >= 0.6 is 23.1 Å². The van der Waals surface area contributed by atoms with E-state index in [1.807, 2.05) is 23.1 Å². The molecule has 20 heavy (non-hydrogen) atoms. The van der Waals surface area contributed by atoms with Gasteiger partial charge < -0.3 is 10.4 Å². The molecule has 5 nitrogen and oxygen atoms in total. The maximum absolute atomic E-state index is 12.1. The van der Waals surface area contributed by atoms with Crippen LogP contribution in [0.1, 0.15) is 16.9 Å². The molecule has 0 aromatic carbocycles. The van der Waals surface area contributed by atoms with E-state index < -0.39 is 0 Å².